The maximum atomic E-state index is 6.73. The van der Waals surface area contributed by atoms with Crippen LogP contribution in [0.4, 0.5) is 0 Å². The fourth-order valence-corrected chi connectivity index (χ4v) is 5.37. The molecule has 0 saturated heterocycles. The minimum absolute atomic E-state index is 0.110. The Balaban J connectivity index is 1.63. The molecule has 1 saturated carbocycles. The van der Waals surface area contributed by atoms with Gasteiger partial charge in [-0.3, -0.25) is 0 Å². The van der Waals surface area contributed by atoms with Crippen molar-refractivity contribution >= 4 is 11.8 Å². The van der Waals surface area contributed by atoms with Gasteiger partial charge in [0.25, 0.3) is 0 Å². The molecule has 0 radical (unpaired) electrons. The Labute approximate surface area is 121 Å². The number of benzene rings is 1. The number of fused-ring (bicyclic) bond motifs is 1. The standard InChI is InChI=1S/C17H25NS/c1-2-13-6-5-9-17(18,11-13)12-15-10-14-7-3-4-8-16(14)19-15/h3-4,7-8,13,15H,2,5-6,9-12,18H2,1H3. The lowest BCUT2D eigenvalue weighted by atomic mass is 9.73. The summed E-state index contributed by atoms with van der Waals surface area (Å²) < 4.78 is 0. The highest BCUT2D eigenvalue weighted by atomic mass is 32.2. The van der Waals surface area contributed by atoms with Gasteiger partial charge in [-0.1, -0.05) is 44.4 Å². The fraction of sp³-hybridized carbons (Fsp3) is 0.647. The van der Waals surface area contributed by atoms with E-state index in [0.717, 1.165) is 5.92 Å². The Hall–Kier alpha value is -0.470. The van der Waals surface area contributed by atoms with Crippen LogP contribution in [0.3, 0.4) is 0 Å². The van der Waals surface area contributed by atoms with Crippen molar-refractivity contribution in [3.63, 3.8) is 0 Å². The van der Waals surface area contributed by atoms with Gasteiger partial charge in [-0.25, -0.2) is 0 Å². The summed E-state index contributed by atoms with van der Waals surface area (Å²) in [6.45, 7) is 2.32. The van der Waals surface area contributed by atoms with Crippen LogP contribution in [0.5, 0.6) is 0 Å². The molecular weight excluding hydrogens is 250 g/mol. The molecule has 2 N–H and O–H groups in total. The largest absolute Gasteiger partial charge is 0.325 e. The predicted molar refractivity (Wildman–Crippen MR) is 83.6 cm³/mol. The summed E-state index contributed by atoms with van der Waals surface area (Å²) in [6.07, 6.45) is 8.93. The molecule has 3 atom stereocenters. The lowest BCUT2D eigenvalue weighted by Crippen LogP contribution is -2.46. The third-order valence-electron chi connectivity index (χ3n) is 4.91. The lowest BCUT2D eigenvalue weighted by molar-refractivity contribution is 0.207. The van der Waals surface area contributed by atoms with E-state index < -0.39 is 0 Å². The van der Waals surface area contributed by atoms with E-state index in [4.69, 9.17) is 5.73 Å². The zero-order chi connectivity index (χ0) is 13.3. The van der Waals surface area contributed by atoms with Crippen LogP contribution < -0.4 is 5.73 Å². The first-order valence-corrected chi connectivity index (χ1v) is 8.60. The first kappa shape index (κ1) is 13.5. The number of nitrogens with two attached hydrogens (primary N) is 1. The third-order valence-corrected chi connectivity index (χ3v) is 6.23. The maximum Gasteiger partial charge on any atom is 0.0167 e. The normalized spacial score (nSPS) is 34.2. The van der Waals surface area contributed by atoms with E-state index in [-0.39, 0.29) is 5.54 Å². The highest BCUT2D eigenvalue weighted by molar-refractivity contribution is 8.00. The van der Waals surface area contributed by atoms with Gasteiger partial charge in [-0.15, -0.1) is 11.8 Å². The minimum Gasteiger partial charge on any atom is -0.325 e. The molecule has 104 valence electrons. The summed E-state index contributed by atoms with van der Waals surface area (Å²) in [7, 11) is 0. The Morgan fingerprint density at radius 1 is 1.37 bits per heavy atom. The molecule has 0 bridgehead atoms. The molecule has 0 aromatic heterocycles. The fourth-order valence-electron chi connectivity index (χ4n) is 3.88. The first-order chi connectivity index (χ1) is 9.18. The zero-order valence-corrected chi connectivity index (χ0v) is 12.7. The van der Waals surface area contributed by atoms with Crippen molar-refractivity contribution in [1.29, 1.82) is 0 Å². The SMILES string of the molecule is CCC1CCCC(N)(CC2Cc3ccccc3S2)C1. The molecule has 1 heterocycles. The average Bonchev–Trinajstić information content (AvgIpc) is 2.79. The van der Waals surface area contributed by atoms with Crippen LogP contribution >= 0.6 is 11.8 Å². The van der Waals surface area contributed by atoms with E-state index in [9.17, 15) is 0 Å². The molecule has 2 heteroatoms. The molecule has 0 amide bonds. The Morgan fingerprint density at radius 2 is 2.21 bits per heavy atom. The summed E-state index contributed by atoms with van der Waals surface area (Å²) >= 11 is 2.06. The highest BCUT2D eigenvalue weighted by Crippen LogP contribution is 2.43. The molecule has 2 aliphatic rings. The molecule has 1 nitrogen and oxygen atoms in total. The molecule has 1 aromatic rings. The molecule has 1 aliphatic carbocycles. The Kier molecular flexibility index (Phi) is 3.91. The van der Waals surface area contributed by atoms with Crippen LogP contribution in [-0.4, -0.2) is 10.8 Å². The van der Waals surface area contributed by atoms with Gasteiger partial charge >= 0.3 is 0 Å². The topological polar surface area (TPSA) is 26.0 Å². The smallest absolute Gasteiger partial charge is 0.0167 e. The van der Waals surface area contributed by atoms with Gasteiger partial charge in [0.1, 0.15) is 0 Å². The number of hydrogen-bond acceptors (Lipinski definition) is 2. The monoisotopic (exact) mass is 275 g/mol. The molecule has 3 rings (SSSR count). The van der Waals surface area contributed by atoms with Crippen molar-refractivity contribution in [3.05, 3.63) is 29.8 Å². The van der Waals surface area contributed by atoms with E-state index in [1.54, 1.807) is 0 Å². The highest BCUT2D eigenvalue weighted by Gasteiger charge is 2.36. The van der Waals surface area contributed by atoms with Crippen LogP contribution in [-0.2, 0) is 6.42 Å². The van der Waals surface area contributed by atoms with E-state index >= 15 is 0 Å². The molecule has 1 aliphatic heterocycles. The maximum absolute atomic E-state index is 6.73. The quantitative estimate of drug-likeness (QED) is 0.885. The van der Waals surface area contributed by atoms with Crippen molar-refractivity contribution in [3.8, 4) is 0 Å². The number of thioether (sulfide) groups is 1. The van der Waals surface area contributed by atoms with Gasteiger partial charge in [-0.2, -0.15) is 0 Å². The van der Waals surface area contributed by atoms with Gasteiger partial charge in [0.15, 0.2) is 0 Å². The molecule has 19 heavy (non-hydrogen) atoms. The van der Waals surface area contributed by atoms with Gasteiger partial charge in [0.05, 0.1) is 0 Å². The predicted octanol–water partition coefficient (Wildman–Crippen LogP) is 4.39. The summed E-state index contributed by atoms with van der Waals surface area (Å²) in [5.74, 6) is 0.868. The van der Waals surface area contributed by atoms with Crippen molar-refractivity contribution in [2.45, 2.75) is 67.6 Å². The second kappa shape index (κ2) is 5.49. The third kappa shape index (κ3) is 3.00. The molecule has 3 unspecified atom stereocenters. The zero-order valence-electron chi connectivity index (χ0n) is 11.9. The second-order valence-corrected chi connectivity index (χ2v) is 7.83. The Bertz CT molecular complexity index is 420. The van der Waals surface area contributed by atoms with Crippen LogP contribution in [0, 0.1) is 5.92 Å². The summed E-state index contributed by atoms with van der Waals surface area (Å²) in [5.41, 5.74) is 8.37. The van der Waals surface area contributed by atoms with Crippen LogP contribution in [0.1, 0.15) is 51.0 Å². The van der Waals surface area contributed by atoms with Gasteiger partial charge in [0.2, 0.25) is 0 Å². The van der Waals surface area contributed by atoms with Crippen LogP contribution in [0.15, 0.2) is 29.2 Å². The summed E-state index contributed by atoms with van der Waals surface area (Å²) in [5, 5.41) is 0.706. The van der Waals surface area contributed by atoms with Crippen molar-refractivity contribution in [1.82, 2.24) is 0 Å². The first-order valence-electron chi connectivity index (χ1n) is 7.72. The van der Waals surface area contributed by atoms with Gasteiger partial charge in [-0.05, 0) is 43.2 Å². The van der Waals surface area contributed by atoms with E-state index in [2.05, 4.69) is 43.0 Å². The lowest BCUT2D eigenvalue weighted by Gasteiger charge is -2.39. The summed E-state index contributed by atoms with van der Waals surface area (Å²) in [6, 6.07) is 8.86. The molecule has 1 aromatic carbocycles. The van der Waals surface area contributed by atoms with Crippen LogP contribution in [0.25, 0.3) is 0 Å². The minimum atomic E-state index is 0.110. The second-order valence-electron chi connectivity index (χ2n) is 6.49. The average molecular weight is 275 g/mol. The van der Waals surface area contributed by atoms with Crippen molar-refractivity contribution < 1.29 is 0 Å². The molecule has 0 spiro atoms. The molecule has 1 fully saturated rings. The number of hydrogen-bond donors (Lipinski definition) is 1. The van der Waals surface area contributed by atoms with E-state index in [1.165, 1.54) is 55.4 Å². The van der Waals surface area contributed by atoms with Crippen molar-refractivity contribution in [2.24, 2.45) is 11.7 Å². The van der Waals surface area contributed by atoms with E-state index in [0.29, 0.717) is 5.25 Å². The van der Waals surface area contributed by atoms with Crippen LogP contribution in [0.2, 0.25) is 0 Å². The van der Waals surface area contributed by atoms with Crippen molar-refractivity contribution in [2.75, 3.05) is 0 Å². The van der Waals surface area contributed by atoms with Gasteiger partial charge < -0.3 is 5.73 Å². The van der Waals surface area contributed by atoms with E-state index in [1.807, 2.05) is 0 Å². The van der Waals surface area contributed by atoms with Gasteiger partial charge in [0, 0.05) is 15.7 Å². The Morgan fingerprint density at radius 3 is 3.00 bits per heavy atom. The molecular formula is C17H25NS. The summed E-state index contributed by atoms with van der Waals surface area (Å²) in [4.78, 5) is 1.49. The number of rotatable bonds is 3.